The van der Waals surface area contributed by atoms with Gasteiger partial charge in [0.25, 0.3) is 0 Å². The van der Waals surface area contributed by atoms with E-state index in [0.717, 1.165) is 6.54 Å². The Morgan fingerprint density at radius 2 is 2.00 bits per heavy atom. The monoisotopic (exact) mass is 185 g/mol. The van der Waals surface area contributed by atoms with Gasteiger partial charge in [-0.1, -0.05) is 0 Å². The predicted molar refractivity (Wildman–Crippen MR) is 29.6 cm³/mol. The van der Waals surface area contributed by atoms with Crippen LogP contribution in [0.25, 0.3) is 0 Å². The van der Waals surface area contributed by atoms with Crippen LogP contribution in [0.4, 0.5) is 0 Å². The fourth-order valence-electron chi connectivity index (χ4n) is 0.295. The van der Waals surface area contributed by atoms with Crippen molar-refractivity contribution in [3.63, 3.8) is 0 Å². The van der Waals surface area contributed by atoms with Crippen molar-refractivity contribution >= 4 is 8.45 Å². The zero-order valence-electron chi connectivity index (χ0n) is 5.10. The van der Waals surface area contributed by atoms with Crippen LogP contribution in [0, 0.1) is 0 Å². The summed E-state index contributed by atoms with van der Waals surface area (Å²) < 4.78 is 2.67. The second-order valence-electron chi connectivity index (χ2n) is 1.56. The van der Waals surface area contributed by atoms with E-state index in [1.807, 2.05) is 7.05 Å². The van der Waals surface area contributed by atoms with Gasteiger partial charge in [0.05, 0.1) is 0 Å². The van der Waals surface area contributed by atoms with Gasteiger partial charge in [-0.25, -0.2) is 0 Å². The quantitative estimate of drug-likeness (QED) is 0.634. The molecule has 0 heterocycles. The maximum atomic E-state index is 3.07. The molecule has 1 nitrogen and oxygen atoms in total. The first-order valence-corrected chi connectivity index (χ1v) is 3.80. The third kappa shape index (κ3) is 3.82. The number of hydrogen-bond donors (Lipinski definition) is 1. The molecule has 3 heteroatoms. The average molecular weight is 185 g/mol. The minimum absolute atomic E-state index is 0.973. The van der Waals surface area contributed by atoms with Crippen molar-refractivity contribution in [2.75, 3.05) is 13.6 Å². The first-order valence-electron chi connectivity index (χ1n) is 2.40. The van der Waals surface area contributed by atoms with Gasteiger partial charge in [0.1, 0.15) is 0 Å². The van der Waals surface area contributed by atoms with Gasteiger partial charge < -0.3 is 0 Å². The standard InChI is InChI=1S/C5H9N.2V/c1-3-4-5-6-2;;/h6H,5H2,1-2H3;;. The Balaban J connectivity index is 3.49. The van der Waals surface area contributed by atoms with Crippen molar-refractivity contribution in [3.05, 3.63) is 0 Å². The third-order valence-corrected chi connectivity index (χ3v) is 2.40. The van der Waals surface area contributed by atoms with Gasteiger partial charge in [-0.2, -0.15) is 0 Å². The molecular formula is C5H9NV2. The Morgan fingerprint density at radius 3 is 2.12 bits per heavy atom. The predicted octanol–water partition coefficient (Wildman–Crippen LogP) is -0.336. The van der Waals surface area contributed by atoms with E-state index in [1.165, 1.54) is 8.45 Å². The van der Waals surface area contributed by atoms with Crippen LogP contribution in [0.1, 0.15) is 6.92 Å². The van der Waals surface area contributed by atoms with Crippen molar-refractivity contribution < 1.29 is 34.0 Å². The van der Waals surface area contributed by atoms with Gasteiger partial charge in [-0.05, 0) is 0 Å². The molecular weight excluding hydrogens is 176 g/mol. The Hall–Kier alpha value is 0.869. The summed E-state index contributed by atoms with van der Waals surface area (Å²) >= 11 is 5.09. The van der Waals surface area contributed by atoms with Crippen LogP contribution >= 0.6 is 0 Å². The summed E-state index contributed by atoms with van der Waals surface area (Å²) in [6.45, 7) is 3.06. The topological polar surface area (TPSA) is 12.0 Å². The summed E-state index contributed by atoms with van der Waals surface area (Å²) in [7, 11) is 1.95. The second kappa shape index (κ2) is 4.72. The third-order valence-electron chi connectivity index (χ3n) is 0.762. The van der Waals surface area contributed by atoms with Crippen molar-refractivity contribution in [2.24, 2.45) is 0 Å². The van der Waals surface area contributed by atoms with E-state index in [9.17, 15) is 0 Å². The SMILES string of the molecule is CNC[C](=[V])[C](C)=[V]. The second-order valence-corrected chi connectivity index (χ2v) is 3.45. The molecule has 0 rings (SSSR count). The number of nitrogens with one attached hydrogen (secondary N) is 1. The molecule has 0 amide bonds. The summed E-state index contributed by atoms with van der Waals surface area (Å²) in [5, 5.41) is 3.07. The zero-order chi connectivity index (χ0) is 6.57. The summed E-state index contributed by atoms with van der Waals surface area (Å²) in [5.74, 6) is 0. The van der Waals surface area contributed by atoms with Crippen LogP contribution in [-0.2, 0) is 34.0 Å². The first-order chi connectivity index (χ1) is 3.68. The molecule has 0 unspecified atom stereocenters. The molecule has 0 radical (unpaired) electrons. The van der Waals surface area contributed by atoms with Gasteiger partial charge in [-0.15, -0.1) is 0 Å². The normalized spacial score (nSPS) is 8.50. The molecule has 0 aromatic rings. The number of rotatable bonds is 3. The Bertz CT molecular complexity index is 109. The molecule has 0 aromatic heterocycles. The molecule has 0 aliphatic rings. The molecule has 0 spiro atoms. The van der Waals surface area contributed by atoms with Crippen LogP contribution in [0.2, 0.25) is 0 Å². The Morgan fingerprint density at radius 1 is 1.50 bits per heavy atom. The molecule has 0 aromatic carbocycles. The number of hydrogen-bond acceptors (Lipinski definition) is 1. The summed E-state index contributed by atoms with van der Waals surface area (Å²) in [6, 6.07) is 0. The fourth-order valence-corrected chi connectivity index (χ4v) is 0.666. The van der Waals surface area contributed by atoms with Crippen LogP contribution in [-0.4, -0.2) is 22.0 Å². The van der Waals surface area contributed by atoms with Crippen LogP contribution in [0.15, 0.2) is 0 Å². The van der Waals surface area contributed by atoms with Gasteiger partial charge in [0, 0.05) is 0 Å². The van der Waals surface area contributed by atoms with Gasteiger partial charge >= 0.3 is 68.2 Å². The summed E-state index contributed by atoms with van der Waals surface area (Å²) in [4.78, 5) is 0. The van der Waals surface area contributed by atoms with E-state index in [0.29, 0.717) is 0 Å². The molecule has 44 valence electrons. The fraction of sp³-hybridized carbons (Fsp3) is 0.600. The Kier molecular flexibility index (Phi) is 5.23. The van der Waals surface area contributed by atoms with Crippen molar-refractivity contribution in [1.29, 1.82) is 0 Å². The van der Waals surface area contributed by atoms with Gasteiger partial charge in [-0.3, -0.25) is 0 Å². The molecule has 1 N–H and O–H groups in total. The maximum absolute atomic E-state index is 3.07. The van der Waals surface area contributed by atoms with Gasteiger partial charge in [0.15, 0.2) is 0 Å². The van der Waals surface area contributed by atoms with Crippen molar-refractivity contribution in [1.82, 2.24) is 5.32 Å². The summed E-state index contributed by atoms with van der Waals surface area (Å²) in [6.07, 6.45) is 0. The van der Waals surface area contributed by atoms with Crippen LogP contribution < -0.4 is 5.32 Å². The van der Waals surface area contributed by atoms with Crippen LogP contribution in [0.3, 0.4) is 0 Å². The van der Waals surface area contributed by atoms with Gasteiger partial charge in [0.2, 0.25) is 0 Å². The Labute approximate surface area is 68.2 Å². The molecule has 0 bridgehead atoms. The van der Waals surface area contributed by atoms with E-state index in [4.69, 9.17) is 0 Å². The first kappa shape index (κ1) is 8.87. The van der Waals surface area contributed by atoms with E-state index in [2.05, 4.69) is 46.2 Å². The minimum atomic E-state index is 0.973. The van der Waals surface area contributed by atoms with Crippen LogP contribution in [0.5, 0.6) is 0 Å². The molecule has 0 atom stereocenters. The zero-order valence-corrected chi connectivity index (χ0v) is 7.89. The molecule has 0 fully saturated rings. The molecule has 0 aliphatic heterocycles. The van der Waals surface area contributed by atoms with E-state index in [1.54, 1.807) is 0 Å². The molecule has 8 heavy (non-hydrogen) atoms. The average Bonchev–Trinajstić information content (AvgIpc) is 1.67. The van der Waals surface area contributed by atoms with E-state index < -0.39 is 0 Å². The summed E-state index contributed by atoms with van der Waals surface area (Å²) in [5.41, 5.74) is 0. The van der Waals surface area contributed by atoms with E-state index >= 15 is 0 Å². The molecule has 0 saturated carbocycles. The van der Waals surface area contributed by atoms with E-state index in [-0.39, 0.29) is 0 Å². The molecule has 0 aliphatic carbocycles. The van der Waals surface area contributed by atoms with Crippen molar-refractivity contribution in [3.8, 4) is 0 Å². The van der Waals surface area contributed by atoms with Crippen molar-refractivity contribution in [2.45, 2.75) is 6.92 Å². The molecule has 0 saturated heterocycles.